The van der Waals surface area contributed by atoms with Gasteiger partial charge < -0.3 is 4.74 Å². The molecule has 6 rings (SSSR count). The first kappa shape index (κ1) is 23.2. The number of rotatable bonds is 7. The summed E-state index contributed by atoms with van der Waals surface area (Å²) >= 11 is 7.76. The lowest BCUT2D eigenvalue weighted by Gasteiger charge is -2.16. The summed E-state index contributed by atoms with van der Waals surface area (Å²) in [7, 11) is 0. The fourth-order valence-electron chi connectivity index (χ4n) is 4.60. The van der Waals surface area contributed by atoms with E-state index in [9.17, 15) is 0 Å². The molecule has 0 amide bonds. The Bertz CT molecular complexity index is 1480. The summed E-state index contributed by atoms with van der Waals surface area (Å²) in [6, 6.07) is 28.6. The Balaban J connectivity index is 1.44. The molecule has 180 valence electrons. The molecule has 2 aromatic heterocycles. The van der Waals surface area contributed by atoms with Crippen LogP contribution in [-0.2, 0) is 17.0 Å². The lowest BCUT2D eigenvalue weighted by molar-refractivity contribution is 0.0953. The lowest BCUT2D eigenvalue weighted by atomic mass is 10.0. The minimum Gasteiger partial charge on any atom is -0.376 e. The van der Waals surface area contributed by atoms with Crippen molar-refractivity contribution in [1.82, 2.24) is 19.7 Å². The summed E-state index contributed by atoms with van der Waals surface area (Å²) in [4.78, 5) is 4.96. The molecule has 3 aromatic carbocycles. The number of nitrogens with zero attached hydrogens (tertiary/aromatic N) is 4. The maximum absolute atomic E-state index is 6.07. The molecule has 3 heterocycles. The maximum atomic E-state index is 6.07. The number of ether oxygens (including phenoxy) is 1. The number of pyridine rings is 1. The molecule has 0 bridgehead atoms. The third-order valence-corrected chi connectivity index (χ3v) is 7.72. The van der Waals surface area contributed by atoms with Crippen molar-refractivity contribution in [1.29, 1.82) is 0 Å². The Labute approximate surface area is 219 Å². The largest absolute Gasteiger partial charge is 0.376 e. The zero-order valence-corrected chi connectivity index (χ0v) is 21.3. The third-order valence-electron chi connectivity index (χ3n) is 6.43. The van der Waals surface area contributed by atoms with E-state index in [1.807, 2.05) is 42.5 Å². The van der Waals surface area contributed by atoms with E-state index in [1.165, 1.54) is 5.56 Å². The molecule has 5 aromatic rings. The van der Waals surface area contributed by atoms with Crippen LogP contribution in [0.3, 0.4) is 0 Å². The van der Waals surface area contributed by atoms with Gasteiger partial charge in [-0.3, -0.25) is 4.57 Å². The first-order chi connectivity index (χ1) is 17.7. The third kappa shape index (κ3) is 4.89. The zero-order chi connectivity index (χ0) is 24.3. The highest BCUT2D eigenvalue weighted by Gasteiger charge is 2.23. The Morgan fingerprint density at radius 2 is 1.75 bits per heavy atom. The van der Waals surface area contributed by atoms with Gasteiger partial charge in [-0.1, -0.05) is 84.0 Å². The van der Waals surface area contributed by atoms with E-state index in [-0.39, 0.29) is 6.10 Å². The molecule has 0 radical (unpaired) electrons. The van der Waals surface area contributed by atoms with Crippen LogP contribution in [0, 0.1) is 0 Å². The Hall–Kier alpha value is -3.19. The number of para-hydroxylation sites is 1. The minimum absolute atomic E-state index is 0.163. The monoisotopic (exact) mass is 512 g/mol. The quantitative estimate of drug-likeness (QED) is 0.214. The molecule has 36 heavy (non-hydrogen) atoms. The van der Waals surface area contributed by atoms with Crippen molar-refractivity contribution in [2.24, 2.45) is 0 Å². The number of benzene rings is 3. The summed E-state index contributed by atoms with van der Waals surface area (Å²) in [5, 5.41) is 12.1. The van der Waals surface area contributed by atoms with Crippen molar-refractivity contribution in [3.8, 4) is 22.6 Å². The van der Waals surface area contributed by atoms with Crippen molar-refractivity contribution in [3.05, 3.63) is 95.5 Å². The maximum Gasteiger partial charge on any atom is 0.191 e. The molecule has 1 aliphatic heterocycles. The van der Waals surface area contributed by atoms with Crippen LogP contribution < -0.4 is 0 Å². The van der Waals surface area contributed by atoms with Crippen molar-refractivity contribution in [2.75, 3.05) is 6.61 Å². The Kier molecular flexibility index (Phi) is 6.73. The van der Waals surface area contributed by atoms with Crippen LogP contribution in [0.15, 0.2) is 90.1 Å². The predicted octanol–water partition coefficient (Wildman–Crippen LogP) is 7.29. The molecular weight excluding hydrogens is 488 g/mol. The lowest BCUT2D eigenvalue weighted by Crippen LogP contribution is -2.16. The number of thioether (sulfide) groups is 1. The van der Waals surface area contributed by atoms with Gasteiger partial charge in [0.25, 0.3) is 0 Å². The van der Waals surface area contributed by atoms with Crippen LogP contribution >= 0.6 is 23.4 Å². The summed E-state index contributed by atoms with van der Waals surface area (Å²) in [5.41, 5.74) is 5.16. The van der Waals surface area contributed by atoms with Gasteiger partial charge in [0.2, 0.25) is 0 Å². The van der Waals surface area contributed by atoms with E-state index in [0.717, 1.165) is 75.5 Å². The molecule has 1 fully saturated rings. The van der Waals surface area contributed by atoms with Crippen LogP contribution in [0.5, 0.6) is 0 Å². The molecule has 1 saturated heterocycles. The van der Waals surface area contributed by atoms with Gasteiger partial charge in [-0.05, 0) is 42.7 Å². The molecule has 0 aliphatic carbocycles. The van der Waals surface area contributed by atoms with Crippen molar-refractivity contribution >= 4 is 34.3 Å². The van der Waals surface area contributed by atoms with Crippen molar-refractivity contribution in [2.45, 2.75) is 36.4 Å². The molecular formula is C29H25ClN4OS. The van der Waals surface area contributed by atoms with Crippen LogP contribution in [-0.4, -0.2) is 32.5 Å². The van der Waals surface area contributed by atoms with Gasteiger partial charge in [0.15, 0.2) is 11.0 Å². The fourth-order valence-corrected chi connectivity index (χ4v) is 5.63. The van der Waals surface area contributed by atoms with Crippen LogP contribution in [0.4, 0.5) is 0 Å². The molecule has 0 unspecified atom stereocenters. The van der Waals surface area contributed by atoms with Crippen LogP contribution in [0.1, 0.15) is 18.4 Å². The predicted molar refractivity (Wildman–Crippen MR) is 146 cm³/mol. The average molecular weight is 513 g/mol. The topological polar surface area (TPSA) is 52.8 Å². The number of aromatic nitrogens is 4. The molecule has 0 N–H and O–H groups in total. The van der Waals surface area contributed by atoms with E-state index >= 15 is 0 Å². The first-order valence-corrected chi connectivity index (χ1v) is 13.5. The van der Waals surface area contributed by atoms with Crippen molar-refractivity contribution in [3.63, 3.8) is 0 Å². The van der Waals surface area contributed by atoms with Crippen LogP contribution in [0.2, 0.25) is 5.02 Å². The highest BCUT2D eigenvalue weighted by molar-refractivity contribution is 7.98. The number of hydrogen-bond donors (Lipinski definition) is 0. The van der Waals surface area contributed by atoms with E-state index in [4.69, 9.17) is 26.4 Å². The van der Waals surface area contributed by atoms with Gasteiger partial charge in [-0.25, -0.2) is 4.98 Å². The minimum atomic E-state index is 0.163. The highest BCUT2D eigenvalue weighted by Crippen LogP contribution is 2.34. The molecule has 1 atom stereocenters. The molecule has 0 saturated carbocycles. The smallest absolute Gasteiger partial charge is 0.191 e. The highest BCUT2D eigenvalue weighted by atomic mass is 35.5. The standard InChI is InChI=1S/C29H25ClN4OS/c30-22-14-12-20(13-15-22)19-36-29-33-32-28(34(29)18-23-9-6-16-35-23)25-17-27(21-7-2-1-3-8-21)31-26-11-5-4-10-24(25)26/h1-5,7-8,10-15,17,23H,6,9,16,18-19H2/t23-/m1/s1. The molecule has 0 spiro atoms. The van der Waals surface area contributed by atoms with E-state index in [1.54, 1.807) is 11.8 Å². The first-order valence-electron chi connectivity index (χ1n) is 12.1. The fraction of sp³-hybridized carbons (Fsp3) is 0.207. The number of halogens is 1. The summed E-state index contributed by atoms with van der Waals surface area (Å²) in [5.74, 6) is 1.63. The summed E-state index contributed by atoms with van der Waals surface area (Å²) < 4.78 is 8.25. The molecule has 7 heteroatoms. The summed E-state index contributed by atoms with van der Waals surface area (Å²) in [6.07, 6.45) is 2.30. The average Bonchev–Trinajstić information content (AvgIpc) is 3.59. The SMILES string of the molecule is Clc1ccc(CSc2nnc(-c3cc(-c4ccccc4)nc4ccccc34)n2C[C@H]2CCCO2)cc1. The second kappa shape index (κ2) is 10.4. The van der Waals surface area contributed by atoms with Gasteiger partial charge >= 0.3 is 0 Å². The van der Waals surface area contributed by atoms with Crippen molar-refractivity contribution < 1.29 is 4.74 Å². The van der Waals surface area contributed by atoms with E-state index in [0.29, 0.717) is 0 Å². The Morgan fingerprint density at radius 1 is 0.944 bits per heavy atom. The second-order valence-electron chi connectivity index (χ2n) is 8.91. The van der Waals surface area contributed by atoms with E-state index < -0.39 is 0 Å². The Morgan fingerprint density at radius 3 is 2.56 bits per heavy atom. The van der Waals surface area contributed by atoms with Gasteiger partial charge in [-0.2, -0.15) is 0 Å². The number of hydrogen-bond acceptors (Lipinski definition) is 5. The van der Waals surface area contributed by atoms with Crippen LogP contribution in [0.25, 0.3) is 33.5 Å². The molecule has 5 nitrogen and oxygen atoms in total. The van der Waals surface area contributed by atoms with E-state index in [2.05, 4.69) is 52.1 Å². The van der Waals surface area contributed by atoms with Gasteiger partial charge in [-0.15, -0.1) is 10.2 Å². The zero-order valence-electron chi connectivity index (χ0n) is 19.7. The molecule has 1 aliphatic rings. The van der Waals surface area contributed by atoms with Gasteiger partial charge in [0.1, 0.15) is 0 Å². The second-order valence-corrected chi connectivity index (χ2v) is 10.3. The normalized spacial score (nSPS) is 15.5. The summed E-state index contributed by atoms with van der Waals surface area (Å²) in [6.45, 7) is 1.54. The van der Waals surface area contributed by atoms with Gasteiger partial charge in [0.05, 0.1) is 23.9 Å². The van der Waals surface area contributed by atoms with Gasteiger partial charge in [0, 0.05) is 33.9 Å². The number of fused-ring (bicyclic) bond motifs is 1.